The SMILES string of the molecule is Cn1nccc1S(=O)(=O)N1CCOCC1N. The highest BCUT2D eigenvalue weighted by atomic mass is 32.2. The van der Waals surface area contributed by atoms with Crippen LogP contribution in [0.25, 0.3) is 0 Å². The molecule has 0 aromatic carbocycles. The Morgan fingerprint density at radius 1 is 1.62 bits per heavy atom. The molecule has 8 heteroatoms. The summed E-state index contributed by atoms with van der Waals surface area (Å²) in [5, 5.41) is 3.98. The van der Waals surface area contributed by atoms with E-state index in [0.29, 0.717) is 6.61 Å². The van der Waals surface area contributed by atoms with Gasteiger partial charge in [0.25, 0.3) is 10.0 Å². The zero-order valence-corrected chi connectivity index (χ0v) is 9.72. The van der Waals surface area contributed by atoms with Crippen molar-refractivity contribution < 1.29 is 13.2 Å². The van der Waals surface area contributed by atoms with Gasteiger partial charge in [-0.2, -0.15) is 9.40 Å². The van der Waals surface area contributed by atoms with Gasteiger partial charge in [-0.3, -0.25) is 4.68 Å². The molecule has 90 valence electrons. The van der Waals surface area contributed by atoms with E-state index in [1.54, 1.807) is 7.05 Å². The van der Waals surface area contributed by atoms with Crippen molar-refractivity contribution in [2.75, 3.05) is 19.8 Å². The summed E-state index contributed by atoms with van der Waals surface area (Å²) in [5.74, 6) is 0. The van der Waals surface area contributed by atoms with Crippen molar-refractivity contribution >= 4 is 10.0 Å². The zero-order valence-electron chi connectivity index (χ0n) is 8.91. The quantitative estimate of drug-likeness (QED) is 0.702. The number of aromatic nitrogens is 2. The van der Waals surface area contributed by atoms with Gasteiger partial charge in [-0.1, -0.05) is 0 Å². The number of hydrogen-bond donors (Lipinski definition) is 1. The van der Waals surface area contributed by atoms with E-state index in [-0.39, 0.29) is 18.2 Å². The van der Waals surface area contributed by atoms with Gasteiger partial charge in [0.15, 0.2) is 5.03 Å². The van der Waals surface area contributed by atoms with E-state index < -0.39 is 16.2 Å². The molecule has 0 aliphatic carbocycles. The monoisotopic (exact) mass is 246 g/mol. The lowest BCUT2D eigenvalue weighted by atomic mass is 10.4. The second-order valence-electron chi connectivity index (χ2n) is 3.55. The molecule has 0 saturated carbocycles. The molecule has 2 N–H and O–H groups in total. The summed E-state index contributed by atoms with van der Waals surface area (Å²) in [6.07, 6.45) is 0.812. The lowest BCUT2D eigenvalue weighted by Crippen LogP contribution is -2.53. The van der Waals surface area contributed by atoms with Crippen molar-refractivity contribution in [1.82, 2.24) is 14.1 Å². The Hall–Kier alpha value is -0.960. The Morgan fingerprint density at radius 3 is 2.94 bits per heavy atom. The van der Waals surface area contributed by atoms with E-state index in [1.165, 1.54) is 21.3 Å². The van der Waals surface area contributed by atoms with Gasteiger partial charge < -0.3 is 10.5 Å². The first kappa shape index (κ1) is 11.5. The van der Waals surface area contributed by atoms with Crippen LogP contribution in [0.5, 0.6) is 0 Å². The molecule has 1 fully saturated rings. The number of sulfonamides is 1. The molecule has 1 aliphatic rings. The van der Waals surface area contributed by atoms with E-state index in [1.807, 2.05) is 0 Å². The third kappa shape index (κ3) is 1.84. The molecule has 1 atom stereocenters. The maximum Gasteiger partial charge on any atom is 0.261 e. The maximum atomic E-state index is 12.2. The Morgan fingerprint density at radius 2 is 2.38 bits per heavy atom. The molecule has 1 aromatic heterocycles. The van der Waals surface area contributed by atoms with Crippen LogP contribution in [0.15, 0.2) is 17.3 Å². The van der Waals surface area contributed by atoms with E-state index in [2.05, 4.69) is 5.10 Å². The van der Waals surface area contributed by atoms with Crippen molar-refractivity contribution in [2.24, 2.45) is 12.8 Å². The van der Waals surface area contributed by atoms with Gasteiger partial charge in [0, 0.05) is 13.6 Å². The van der Waals surface area contributed by atoms with Gasteiger partial charge in [0.05, 0.1) is 25.6 Å². The first-order valence-corrected chi connectivity index (χ1v) is 6.30. The Labute approximate surface area is 93.8 Å². The van der Waals surface area contributed by atoms with Crippen LogP contribution in [0.4, 0.5) is 0 Å². The Kier molecular flexibility index (Phi) is 2.98. The fourth-order valence-corrected chi connectivity index (χ4v) is 3.23. The molecule has 1 unspecified atom stereocenters. The Balaban J connectivity index is 2.35. The van der Waals surface area contributed by atoms with Crippen LogP contribution in [-0.4, -0.2) is 48.4 Å². The lowest BCUT2D eigenvalue weighted by Gasteiger charge is -2.31. The molecule has 1 saturated heterocycles. The molecular formula is C8H14N4O3S. The van der Waals surface area contributed by atoms with E-state index in [9.17, 15) is 8.42 Å². The van der Waals surface area contributed by atoms with Gasteiger partial charge in [-0.05, 0) is 6.07 Å². The fourth-order valence-electron chi connectivity index (χ4n) is 1.64. The second kappa shape index (κ2) is 4.13. The smallest absolute Gasteiger partial charge is 0.261 e. The molecule has 2 heterocycles. The van der Waals surface area contributed by atoms with Crippen LogP contribution >= 0.6 is 0 Å². The standard InChI is InChI=1S/C8H14N4O3S/c1-11-8(2-3-10-11)16(13,14)12-4-5-15-6-7(12)9/h2-3,7H,4-6,9H2,1H3. The molecular weight excluding hydrogens is 232 g/mol. The minimum atomic E-state index is -3.57. The summed E-state index contributed by atoms with van der Waals surface area (Å²) in [7, 11) is -1.99. The number of nitrogens with two attached hydrogens (primary N) is 1. The van der Waals surface area contributed by atoms with Crippen LogP contribution < -0.4 is 5.73 Å². The minimum absolute atomic E-state index is 0.143. The summed E-state index contributed by atoms with van der Waals surface area (Å²) in [6, 6.07) is 1.46. The van der Waals surface area contributed by atoms with Gasteiger partial charge in [0.1, 0.15) is 0 Å². The maximum absolute atomic E-state index is 12.2. The van der Waals surface area contributed by atoms with E-state index >= 15 is 0 Å². The van der Waals surface area contributed by atoms with Crippen LogP contribution in [-0.2, 0) is 21.8 Å². The van der Waals surface area contributed by atoms with Gasteiger partial charge in [-0.25, -0.2) is 8.42 Å². The van der Waals surface area contributed by atoms with Crippen molar-refractivity contribution in [3.8, 4) is 0 Å². The summed E-state index contributed by atoms with van der Waals surface area (Å²) in [6.45, 7) is 0.858. The van der Waals surface area contributed by atoms with Crippen molar-refractivity contribution in [2.45, 2.75) is 11.2 Å². The summed E-state index contributed by atoms with van der Waals surface area (Å²) in [5.41, 5.74) is 5.71. The molecule has 0 bridgehead atoms. The Bertz CT molecular complexity index is 469. The lowest BCUT2D eigenvalue weighted by molar-refractivity contribution is 0.0348. The third-order valence-corrected chi connectivity index (χ3v) is 4.46. The van der Waals surface area contributed by atoms with Crippen molar-refractivity contribution in [3.05, 3.63) is 12.3 Å². The van der Waals surface area contributed by atoms with Crippen molar-refractivity contribution in [3.63, 3.8) is 0 Å². The predicted molar refractivity (Wildman–Crippen MR) is 55.9 cm³/mol. The number of ether oxygens (including phenoxy) is 1. The van der Waals surface area contributed by atoms with Gasteiger partial charge in [-0.15, -0.1) is 0 Å². The highest BCUT2D eigenvalue weighted by Gasteiger charge is 2.33. The van der Waals surface area contributed by atoms with Gasteiger partial charge in [0.2, 0.25) is 0 Å². The number of nitrogens with zero attached hydrogens (tertiary/aromatic N) is 3. The van der Waals surface area contributed by atoms with Gasteiger partial charge >= 0.3 is 0 Å². The normalized spacial score (nSPS) is 23.5. The van der Waals surface area contributed by atoms with Crippen LogP contribution in [0.1, 0.15) is 0 Å². The molecule has 0 spiro atoms. The van der Waals surface area contributed by atoms with Crippen LogP contribution in [0.2, 0.25) is 0 Å². The minimum Gasteiger partial charge on any atom is -0.377 e. The molecule has 1 aromatic rings. The molecule has 16 heavy (non-hydrogen) atoms. The second-order valence-corrected chi connectivity index (χ2v) is 5.39. The molecule has 0 radical (unpaired) electrons. The summed E-state index contributed by atoms with van der Waals surface area (Å²) < 4.78 is 32.1. The first-order valence-electron chi connectivity index (χ1n) is 4.86. The summed E-state index contributed by atoms with van der Waals surface area (Å²) in [4.78, 5) is 0. The van der Waals surface area contributed by atoms with Crippen molar-refractivity contribution in [1.29, 1.82) is 0 Å². The number of rotatable bonds is 2. The van der Waals surface area contributed by atoms with E-state index in [0.717, 1.165) is 0 Å². The number of morpholine rings is 1. The summed E-state index contributed by atoms with van der Waals surface area (Å²) >= 11 is 0. The number of aryl methyl sites for hydroxylation is 1. The molecule has 1 aliphatic heterocycles. The van der Waals surface area contributed by atoms with Crippen LogP contribution in [0.3, 0.4) is 0 Å². The zero-order chi connectivity index (χ0) is 11.8. The van der Waals surface area contributed by atoms with Crippen LogP contribution in [0, 0.1) is 0 Å². The molecule has 0 amide bonds. The molecule has 2 rings (SSSR count). The third-order valence-electron chi connectivity index (χ3n) is 2.46. The predicted octanol–water partition coefficient (Wildman–Crippen LogP) is -1.27. The molecule has 7 nitrogen and oxygen atoms in total. The topological polar surface area (TPSA) is 90.5 Å². The number of hydrogen-bond acceptors (Lipinski definition) is 5. The fraction of sp³-hybridized carbons (Fsp3) is 0.625. The average molecular weight is 246 g/mol. The highest BCUT2D eigenvalue weighted by Crippen LogP contribution is 2.17. The highest BCUT2D eigenvalue weighted by molar-refractivity contribution is 7.89. The van der Waals surface area contributed by atoms with E-state index in [4.69, 9.17) is 10.5 Å². The first-order chi connectivity index (χ1) is 7.53. The largest absolute Gasteiger partial charge is 0.377 e. The average Bonchev–Trinajstić information content (AvgIpc) is 2.65.